The Morgan fingerprint density at radius 3 is 2.71 bits per heavy atom. The van der Waals surface area contributed by atoms with E-state index < -0.39 is 24.5 Å². The van der Waals surface area contributed by atoms with Crippen LogP contribution >= 0.6 is 7.60 Å². The zero-order valence-electron chi connectivity index (χ0n) is 10.6. The predicted octanol–water partition coefficient (Wildman–Crippen LogP) is 0.184. The number of nitrogens with zero attached hydrogens (tertiary/aromatic N) is 2. The van der Waals surface area contributed by atoms with Crippen molar-refractivity contribution < 1.29 is 14.4 Å². The largest absolute Gasteiger partial charge is 0.348 e. The molecule has 1 unspecified atom stereocenters. The number of benzene rings is 1. The van der Waals surface area contributed by atoms with E-state index in [2.05, 4.69) is 4.98 Å². The number of hydrogen-bond acceptors (Lipinski definition) is 4. The molecule has 9 heteroatoms. The van der Waals surface area contributed by atoms with Crippen LogP contribution in [0.15, 0.2) is 21.7 Å². The van der Waals surface area contributed by atoms with Gasteiger partial charge in [-0.2, -0.15) is 5.26 Å². The predicted molar refractivity (Wildman–Crippen MR) is 72.9 cm³/mol. The van der Waals surface area contributed by atoms with Crippen LogP contribution in [0.5, 0.6) is 0 Å². The average Bonchev–Trinajstić information content (AvgIpc) is 2.42. The van der Waals surface area contributed by atoms with E-state index in [0.717, 1.165) is 4.57 Å². The maximum atomic E-state index is 12.0. The summed E-state index contributed by atoms with van der Waals surface area (Å²) in [4.78, 5) is 44.9. The van der Waals surface area contributed by atoms with Gasteiger partial charge >= 0.3 is 18.7 Å². The molecule has 2 heterocycles. The van der Waals surface area contributed by atoms with Crippen molar-refractivity contribution >= 4 is 18.6 Å². The Labute approximate surface area is 117 Å². The van der Waals surface area contributed by atoms with Gasteiger partial charge in [-0.1, -0.05) is 0 Å². The van der Waals surface area contributed by atoms with E-state index in [-0.39, 0.29) is 17.5 Å². The highest BCUT2D eigenvalue weighted by atomic mass is 31.2. The lowest BCUT2D eigenvalue weighted by atomic mass is 10.0. The normalized spacial score (nSPS) is 17.7. The number of rotatable bonds is 1. The van der Waals surface area contributed by atoms with Gasteiger partial charge in [0.15, 0.2) is 0 Å². The summed E-state index contributed by atoms with van der Waals surface area (Å²) in [6.07, 6.45) is 0.345. The van der Waals surface area contributed by atoms with Crippen molar-refractivity contribution in [1.82, 2.24) is 9.55 Å². The van der Waals surface area contributed by atoms with Crippen LogP contribution in [0.4, 0.5) is 0 Å². The van der Waals surface area contributed by atoms with E-state index in [4.69, 9.17) is 5.26 Å². The second-order valence-corrected chi connectivity index (χ2v) is 6.66. The molecular weight excluding hydrogens is 297 g/mol. The molecule has 1 atom stereocenters. The lowest BCUT2D eigenvalue weighted by Gasteiger charge is -2.27. The first-order chi connectivity index (χ1) is 9.82. The molecule has 0 saturated heterocycles. The molecule has 0 fully saturated rings. The first kappa shape index (κ1) is 13.8. The van der Waals surface area contributed by atoms with Crippen molar-refractivity contribution in [2.45, 2.75) is 18.6 Å². The Morgan fingerprint density at radius 1 is 1.38 bits per heavy atom. The molecule has 3 rings (SSSR count). The summed E-state index contributed by atoms with van der Waals surface area (Å²) in [6.45, 7) is 0. The molecule has 21 heavy (non-hydrogen) atoms. The molecular formula is C12H10N3O5P. The minimum Gasteiger partial charge on any atom is -0.323 e. The third-order valence-electron chi connectivity index (χ3n) is 3.58. The molecule has 1 aromatic carbocycles. The highest BCUT2D eigenvalue weighted by Crippen LogP contribution is 2.53. The Balaban J connectivity index is 2.52. The van der Waals surface area contributed by atoms with Crippen LogP contribution in [-0.4, -0.2) is 19.3 Å². The Morgan fingerprint density at radius 2 is 2.10 bits per heavy atom. The van der Waals surface area contributed by atoms with Crippen molar-refractivity contribution in [2.75, 3.05) is 0 Å². The van der Waals surface area contributed by atoms with Gasteiger partial charge in [-0.3, -0.25) is 18.7 Å². The average molecular weight is 307 g/mol. The van der Waals surface area contributed by atoms with Crippen molar-refractivity contribution in [3.05, 3.63) is 44.0 Å². The van der Waals surface area contributed by atoms with Gasteiger partial charge in [0.05, 0.1) is 22.7 Å². The maximum Gasteiger partial charge on any atom is 0.348 e. The zero-order valence-corrected chi connectivity index (χ0v) is 11.5. The lowest BCUT2D eigenvalue weighted by molar-refractivity contribution is 0.332. The third kappa shape index (κ3) is 2.03. The Bertz CT molecular complexity index is 962. The number of nitrogens with one attached hydrogen (secondary N) is 1. The smallest absolute Gasteiger partial charge is 0.323 e. The van der Waals surface area contributed by atoms with Gasteiger partial charge in [0.1, 0.15) is 5.78 Å². The third-order valence-corrected chi connectivity index (χ3v) is 4.84. The van der Waals surface area contributed by atoms with Gasteiger partial charge in [0, 0.05) is 0 Å². The van der Waals surface area contributed by atoms with E-state index in [0.29, 0.717) is 17.5 Å². The van der Waals surface area contributed by atoms with E-state index >= 15 is 0 Å². The highest BCUT2D eigenvalue weighted by Gasteiger charge is 2.36. The maximum absolute atomic E-state index is 12.0. The van der Waals surface area contributed by atoms with Crippen molar-refractivity contribution in [2.24, 2.45) is 0 Å². The molecule has 0 aliphatic carbocycles. The SMILES string of the molecule is N#Cc1cc2c3c(c1)[nH]c(=O)c(=O)n3C(P(=O)(O)O)CC2. The number of aromatic nitrogens is 2. The van der Waals surface area contributed by atoms with E-state index in [1.54, 1.807) is 6.07 Å². The number of H-pyrrole nitrogens is 1. The number of aryl methyl sites for hydroxylation is 1. The molecule has 0 radical (unpaired) electrons. The minimum absolute atomic E-state index is 0.0324. The van der Waals surface area contributed by atoms with Crippen molar-refractivity contribution in [3.8, 4) is 6.07 Å². The van der Waals surface area contributed by atoms with E-state index in [1.807, 2.05) is 6.07 Å². The van der Waals surface area contributed by atoms with E-state index in [9.17, 15) is 23.9 Å². The second kappa shape index (κ2) is 4.40. The van der Waals surface area contributed by atoms with Crippen LogP contribution in [0.25, 0.3) is 11.0 Å². The Hall–Kier alpha value is -2.20. The molecule has 2 aromatic rings. The summed E-state index contributed by atoms with van der Waals surface area (Å²) >= 11 is 0. The van der Waals surface area contributed by atoms with Crippen molar-refractivity contribution in [1.29, 1.82) is 5.26 Å². The summed E-state index contributed by atoms with van der Waals surface area (Å²) < 4.78 is 12.5. The Kier molecular flexibility index (Phi) is 2.88. The van der Waals surface area contributed by atoms with Gasteiger partial charge in [-0.05, 0) is 30.5 Å². The molecule has 0 spiro atoms. The zero-order chi connectivity index (χ0) is 15.4. The molecule has 3 N–H and O–H groups in total. The fraction of sp³-hybridized carbons (Fsp3) is 0.250. The molecule has 0 bridgehead atoms. The number of hydrogen-bond donors (Lipinski definition) is 3. The van der Waals surface area contributed by atoms with Gasteiger partial charge in [0.25, 0.3) is 0 Å². The summed E-state index contributed by atoms with van der Waals surface area (Å²) in [5.74, 6) is -1.35. The first-order valence-electron chi connectivity index (χ1n) is 6.09. The van der Waals surface area contributed by atoms with Gasteiger partial charge in [-0.25, -0.2) is 0 Å². The van der Waals surface area contributed by atoms with Crippen LogP contribution in [-0.2, 0) is 11.0 Å². The van der Waals surface area contributed by atoms with Crippen LogP contribution in [0, 0.1) is 11.3 Å². The molecule has 1 aliphatic heterocycles. The van der Waals surface area contributed by atoms with E-state index in [1.165, 1.54) is 6.07 Å². The molecule has 0 amide bonds. The second-order valence-electron chi connectivity index (χ2n) is 4.88. The lowest BCUT2D eigenvalue weighted by Crippen LogP contribution is -2.40. The van der Waals surface area contributed by atoms with Crippen LogP contribution in [0.2, 0.25) is 0 Å². The molecule has 108 valence electrons. The van der Waals surface area contributed by atoms with Crippen molar-refractivity contribution in [3.63, 3.8) is 0 Å². The summed E-state index contributed by atoms with van der Waals surface area (Å²) in [6, 6.07) is 4.90. The standard InChI is InChI=1S/C12H10N3O5P/c13-5-6-3-7-1-2-9(21(18,19)20)15-10(7)8(4-6)14-11(16)12(15)17/h3-4,9H,1-2H2,(H,14,16)(H2,18,19,20). The minimum atomic E-state index is -4.58. The van der Waals surface area contributed by atoms with Gasteiger partial charge in [0.2, 0.25) is 0 Å². The topological polar surface area (TPSA) is 136 Å². The van der Waals surface area contributed by atoms with Crippen LogP contribution in [0.1, 0.15) is 23.3 Å². The molecule has 0 saturated carbocycles. The summed E-state index contributed by atoms with van der Waals surface area (Å²) in [5, 5.41) is 8.97. The fourth-order valence-electron chi connectivity index (χ4n) is 2.73. The van der Waals surface area contributed by atoms with Gasteiger partial charge < -0.3 is 14.8 Å². The van der Waals surface area contributed by atoms with Crippen LogP contribution in [0.3, 0.4) is 0 Å². The highest BCUT2D eigenvalue weighted by molar-refractivity contribution is 7.51. The fourth-order valence-corrected chi connectivity index (χ4v) is 3.72. The number of aromatic amines is 1. The van der Waals surface area contributed by atoms with Crippen LogP contribution < -0.4 is 11.1 Å². The van der Waals surface area contributed by atoms with Gasteiger partial charge in [-0.15, -0.1) is 0 Å². The summed E-state index contributed by atoms with van der Waals surface area (Å²) in [5.41, 5.74) is -0.537. The molecule has 1 aliphatic rings. The monoisotopic (exact) mass is 307 g/mol. The summed E-state index contributed by atoms with van der Waals surface area (Å²) in [7, 11) is -4.58. The quantitative estimate of drug-likeness (QED) is 0.508. The molecule has 1 aromatic heterocycles. The first-order valence-corrected chi connectivity index (χ1v) is 7.78. The molecule has 8 nitrogen and oxygen atoms in total. The number of nitriles is 1.